The minimum Gasteiger partial charge on any atom is -0.505 e. The number of rotatable bonds is 1. The standard InChI is InChI=1S/C9H7N3O2/c10-9(14)6-2-1-5-3-11-4-12-7(5)8(6)13/h1-4,13H,(H2,10,14). The van der Waals surface area contributed by atoms with Crippen LogP contribution in [0.2, 0.25) is 0 Å². The Bertz CT molecular complexity index is 510. The first-order valence-electron chi connectivity index (χ1n) is 3.91. The molecule has 3 N–H and O–H groups in total. The number of fused-ring (bicyclic) bond motifs is 1. The first-order chi connectivity index (χ1) is 6.70. The summed E-state index contributed by atoms with van der Waals surface area (Å²) in [6.45, 7) is 0. The molecule has 0 saturated heterocycles. The van der Waals surface area contributed by atoms with Crippen LogP contribution in [0.1, 0.15) is 10.4 Å². The molecule has 5 nitrogen and oxygen atoms in total. The highest BCUT2D eigenvalue weighted by molar-refractivity contribution is 6.01. The van der Waals surface area contributed by atoms with Crippen LogP contribution in [0.4, 0.5) is 0 Å². The van der Waals surface area contributed by atoms with Crippen LogP contribution < -0.4 is 5.73 Å². The average molecular weight is 189 g/mol. The van der Waals surface area contributed by atoms with E-state index in [1.54, 1.807) is 12.3 Å². The summed E-state index contributed by atoms with van der Waals surface area (Å²) in [4.78, 5) is 18.5. The van der Waals surface area contributed by atoms with Gasteiger partial charge in [0.15, 0.2) is 5.75 Å². The summed E-state index contributed by atoms with van der Waals surface area (Å²) < 4.78 is 0. The van der Waals surface area contributed by atoms with E-state index in [1.165, 1.54) is 12.4 Å². The van der Waals surface area contributed by atoms with Gasteiger partial charge in [-0.15, -0.1) is 0 Å². The van der Waals surface area contributed by atoms with E-state index in [9.17, 15) is 9.90 Å². The van der Waals surface area contributed by atoms with Crippen molar-refractivity contribution in [1.82, 2.24) is 9.97 Å². The number of hydrogen-bond donors (Lipinski definition) is 2. The Kier molecular flexibility index (Phi) is 1.78. The van der Waals surface area contributed by atoms with Crippen molar-refractivity contribution in [3.63, 3.8) is 0 Å². The molecule has 1 aromatic heterocycles. The molecule has 0 fully saturated rings. The predicted molar refractivity (Wildman–Crippen MR) is 49.7 cm³/mol. The van der Waals surface area contributed by atoms with E-state index in [-0.39, 0.29) is 11.3 Å². The van der Waals surface area contributed by atoms with Gasteiger partial charge in [-0.1, -0.05) is 6.07 Å². The van der Waals surface area contributed by atoms with Crippen LogP contribution in [0.15, 0.2) is 24.7 Å². The second-order valence-electron chi connectivity index (χ2n) is 2.79. The lowest BCUT2D eigenvalue weighted by Crippen LogP contribution is -2.11. The van der Waals surface area contributed by atoms with Gasteiger partial charge >= 0.3 is 0 Å². The molecular formula is C9H7N3O2. The van der Waals surface area contributed by atoms with Crippen LogP contribution in [0.5, 0.6) is 5.75 Å². The molecule has 1 amide bonds. The third-order valence-electron chi connectivity index (χ3n) is 1.91. The zero-order chi connectivity index (χ0) is 10.1. The van der Waals surface area contributed by atoms with Gasteiger partial charge in [0.2, 0.25) is 0 Å². The SMILES string of the molecule is NC(=O)c1ccc2cncnc2c1O. The van der Waals surface area contributed by atoms with Crippen molar-refractivity contribution in [2.45, 2.75) is 0 Å². The average Bonchev–Trinajstić information content (AvgIpc) is 2.18. The molecule has 0 atom stereocenters. The molecule has 0 aliphatic rings. The molecule has 2 aromatic rings. The summed E-state index contributed by atoms with van der Waals surface area (Å²) in [5, 5.41) is 10.3. The number of hydrogen-bond acceptors (Lipinski definition) is 4. The number of carbonyl (C=O) groups excluding carboxylic acids is 1. The topological polar surface area (TPSA) is 89.1 Å². The maximum Gasteiger partial charge on any atom is 0.252 e. The largest absolute Gasteiger partial charge is 0.505 e. The smallest absolute Gasteiger partial charge is 0.252 e. The van der Waals surface area contributed by atoms with Gasteiger partial charge in [-0.2, -0.15) is 0 Å². The molecule has 0 unspecified atom stereocenters. The quantitative estimate of drug-likeness (QED) is 0.680. The van der Waals surface area contributed by atoms with Crippen LogP contribution in [0.25, 0.3) is 10.9 Å². The lowest BCUT2D eigenvalue weighted by atomic mass is 10.1. The van der Waals surface area contributed by atoms with Crippen LogP contribution in [0.3, 0.4) is 0 Å². The molecule has 14 heavy (non-hydrogen) atoms. The molecule has 2 rings (SSSR count). The normalized spacial score (nSPS) is 10.3. The van der Waals surface area contributed by atoms with E-state index in [4.69, 9.17) is 5.73 Å². The van der Waals surface area contributed by atoms with E-state index in [0.29, 0.717) is 10.9 Å². The molecule has 1 heterocycles. The van der Waals surface area contributed by atoms with Crippen molar-refractivity contribution in [2.75, 3.05) is 0 Å². The molecule has 0 aliphatic heterocycles. The van der Waals surface area contributed by atoms with Gasteiger partial charge in [0, 0.05) is 11.6 Å². The summed E-state index contributed by atoms with van der Waals surface area (Å²) in [7, 11) is 0. The second-order valence-corrected chi connectivity index (χ2v) is 2.79. The highest BCUT2D eigenvalue weighted by Gasteiger charge is 2.11. The third-order valence-corrected chi connectivity index (χ3v) is 1.91. The molecule has 70 valence electrons. The Morgan fingerprint density at radius 3 is 2.93 bits per heavy atom. The minimum atomic E-state index is -0.678. The summed E-state index contributed by atoms with van der Waals surface area (Å²) in [6, 6.07) is 3.08. The molecule has 0 radical (unpaired) electrons. The number of benzene rings is 1. The molecule has 1 aromatic carbocycles. The summed E-state index contributed by atoms with van der Waals surface area (Å²) in [5.41, 5.74) is 5.46. The van der Waals surface area contributed by atoms with Gasteiger partial charge in [0.25, 0.3) is 5.91 Å². The summed E-state index contributed by atoms with van der Waals surface area (Å²) >= 11 is 0. The molecular weight excluding hydrogens is 182 g/mol. The van der Waals surface area contributed by atoms with E-state index in [1.807, 2.05) is 0 Å². The lowest BCUT2D eigenvalue weighted by Gasteiger charge is -2.02. The Labute approximate surface area is 79.2 Å². The van der Waals surface area contributed by atoms with Gasteiger partial charge in [-0.3, -0.25) is 4.79 Å². The van der Waals surface area contributed by atoms with Crippen molar-refractivity contribution >= 4 is 16.8 Å². The third kappa shape index (κ3) is 1.15. The van der Waals surface area contributed by atoms with Crippen molar-refractivity contribution in [3.05, 3.63) is 30.2 Å². The summed E-state index contributed by atoms with van der Waals surface area (Å²) in [6.07, 6.45) is 2.85. The van der Waals surface area contributed by atoms with Gasteiger partial charge in [-0.25, -0.2) is 9.97 Å². The summed E-state index contributed by atoms with van der Waals surface area (Å²) in [5.74, 6) is -0.875. The second kappa shape index (κ2) is 2.95. The number of aromatic hydroxyl groups is 1. The number of primary amides is 1. The zero-order valence-corrected chi connectivity index (χ0v) is 7.14. The van der Waals surface area contributed by atoms with Crippen molar-refractivity contribution in [2.24, 2.45) is 5.73 Å². The highest BCUT2D eigenvalue weighted by Crippen LogP contribution is 2.25. The van der Waals surface area contributed by atoms with Crippen LogP contribution in [-0.4, -0.2) is 21.0 Å². The zero-order valence-electron chi connectivity index (χ0n) is 7.14. The van der Waals surface area contributed by atoms with Crippen molar-refractivity contribution in [1.29, 1.82) is 0 Å². The number of nitrogens with two attached hydrogens (primary N) is 1. The van der Waals surface area contributed by atoms with Gasteiger partial charge < -0.3 is 10.8 Å². The van der Waals surface area contributed by atoms with Crippen LogP contribution >= 0.6 is 0 Å². The number of aromatic nitrogens is 2. The maximum atomic E-state index is 10.9. The number of amides is 1. The van der Waals surface area contributed by atoms with E-state index in [0.717, 1.165) is 0 Å². The first kappa shape index (κ1) is 8.43. The van der Waals surface area contributed by atoms with E-state index < -0.39 is 5.91 Å². The van der Waals surface area contributed by atoms with Gasteiger partial charge in [-0.05, 0) is 6.07 Å². The highest BCUT2D eigenvalue weighted by atomic mass is 16.3. The van der Waals surface area contributed by atoms with Crippen LogP contribution in [0, 0.1) is 0 Å². The van der Waals surface area contributed by atoms with Crippen molar-refractivity contribution < 1.29 is 9.90 Å². The van der Waals surface area contributed by atoms with E-state index >= 15 is 0 Å². The Balaban J connectivity index is 2.81. The molecule has 0 aliphatic carbocycles. The molecule has 0 saturated carbocycles. The fourth-order valence-corrected chi connectivity index (χ4v) is 1.24. The maximum absolute atomic E-state index is 10.9. The number of carbonyl (C=O) groups is 1. The molecule has 5 heteroatoms. The molecule has 0 spiro atoms. The Hall–Kier alpha value is -2.17. The Morgan fingerprint density at radius 2 is 2.21 bits per heavy atom. The van der Waals surface area contributed by atoms with Crippen LogP contribution in [-0.2, 0) is 0 Å². The number of nitrogens with zero attached hydrogens (tertiary/aromatic N) is 2. The fraction of sp³-hybridized carbons (Fsp3) is 0. The lowest BCUT2D eigenvalue weighted by molar-refractivity contribution is 0.0998. The van der Waals surface area contributed by atoms with E-state index in [2.05, 4.69) is 9.97 Å². The predicted octanol–water partition coefficient (Wildman–Crippen LogP) is 0.434. The minimum absolute atomic E-state index is 0.0659. The fourth-order valence-electron chi connectivity index (χ4n) is 1.24. The van der Waals surface area contributed by atoms with Gasteiger partial charge in [0.05, 0.1) is 5.56 Å². The van der Waals surface area contributed by atoms with Gasteiger partial charge in [0.1, 0.15) is 11.8 Å². The van der Waals surface area contributed by atoms with Crippen molar-refractivity contribution in [3.8, 4) is 5.75 Å². The monoisotopic (exact) mass is 189 g/mol. The number of phenols is 1. The Morgan fingerprint density at radius 1 is 1.43 bits per heavy atom. The first-order valence-corrected chi connectivity index (χ1v) is 3.91. The molecule has 0 bridgehead atoms.